The van der Waals surface area contributed by atoms with Crippen molar-refractivity contribution in [2.24, 2.45) is 5.73 Å². The summed E-state index contributed by atoms with van der Waals surface area (Å²) in [6.45, 7) is 4.62. The van der Waals surface area contributed by atoms with Crippen molar-refractivity contribution in [1.82, 2.24) is 15.1 Å². The molecule has 0 radical (unpaired) electrons. The number of hydrogen-bond acceptors (Lipinski definition) is 4. The van der Waals surface area contributed by atoms with E-state index in [1.807, 2.05) is 30.3 Å². The Bertz CT molecular complexity index is 506. The highest BCUT2D eigenvalue weighted by atomic mass is 16.2. The van der Waals surface area contributed by atoms with E-state index in [9.17, 15) is 9.59 Å². The minimum absolute atomic E-state index is 0.215. The third-order valence-electron chi connectivity index (χ3n) is 3.82. The van der Waals surface area contributed by atoms with Crippen LogP contribution in [0.4, 0.5) is 4.79 Å². The second kappa shape index (κ2) is 6.69. The van der Waals surface area contributed by atoms with Crippen LogP contribution in [0.2, 0.25) is 0 Å². The van der Waals surface area contributed by atoms with Gasteiger partial charge in [-0.1, -0.05) is 30.3 Å². The average molecular weight is 290 g/mol. The number of amides is 3. The SMILES string of the molecule is C[C@H]1CN(C)CCN1[C@@H](C(=O)NC(N)=O)c1ccccc1. The van der Waals surface area contributed by atoms with E-state index in [1.165, 1.54) is 0 Å². The van der Waals surface area contributed by atoms with E-state index in [2.05, 4.69) is 29.1 Å². The largest absolute Gasteiger partial charge is 0.351 e. The van der Waals surface area contributed by atoms with Crippen molar-refractivity contribution in [3.8, 4) is 0 Å². The van der Waals surface area contributed by atoms with E-state index in [-0.39, 0.29) is 11.9 Å². The van der Waals surface area contributed by atoms with Crippen LogP contribution in [0.1, 0.15) is 18.5 Å². The summed E-state index contributed by atoms with van der Waals surface area (Å²) in [6.07, 6.45) is 0. The molecule has 1 saturated heterocycles. The molecule has 6 nitrogen and oxygen atoms in total. The number of piperazine rings is 1. The molecule has 0 aromatic heterocycles. The Hall–Kier alpha value is -1.92. The molecule has 1 aliphatic heterocycles. The summed E-state index contributed by atoms with van der Waals surface area (Å²) in [6, 6.07) is 8.38. The van der Waals surface area contributed by atoms with Crippen LogP contribution in [0.15, 0.2) is 30.3 Å². The van der Waals surface area contributed by atoms with Crippen LogP contribution in [0.5, 0.6) is 0 Å². The van der Waals surface area contributed by atoms with Crippen LogP contribution < -0.4 is 11.1 Å². The number of imide groups is 1. The van der Waals surface area contributed by atoms with Crippen molar-refractivity contribution in [2.45, 2.75) is 19.0 Å². The predicted octanol–water partition coefficient (Wildman–Crippen LogP) is 0.559. The van der Waals surface area contributed by atoms with Gasteiger partial charge in [0.15, 0.2) is 0 Å². The molecule has 1 heterocycles. The fraction of sp³-hybridized carbons (Fsp3) is 0.467. The molecule has 0 saturated carbocycles. The van der Waals surface area contributed by atoms with Gasteiger partial charge in [-0.3, -0.25) is 15.0 Å². The first-order valence-corrected chi connectivity index (χ1v) is 7.08. The van der Waals surface area contributed by atoms with Crippen LogP contribution in [0, 0.1) is 0 Å². The summed E-state index contributed by atoms with van der Waals surface area (Å²) >= 11 is 0. The first kappa shape index (κ1) is 15.5. The summed E-state index contributed by atoms with van der Waals surface area (Å²) in [7, 11) is 2.06. The zero-order valence-electron chi connectivity index (χ0n) is 12.5. The Kier molecular flexibility index (Phi) is 4.93. The van der Waals surface area contributed by atoms with Gasteiger partial charge >= 0.3 is 6.03 Å². The smallest absolute Gasteiger partial charge is 0.318 e. The molecular weight excluding hydrogens is 268 g/mol. The second-order valence-corrected chi connectivity index (χ2v) is 5.52. The van der Waals surface area contributed by atoms with Gasteiger partial charge in [0.1, 0.15) is 6.04 Å². The lowest BCUT2D eigenvalue weighted by atomic mass is 10.0. The molecule has 2 rings (SSSR count). The molecule has 3 N–H and O–H groups in total. The first-order chi connectivity index (χ1) is 9.99. The topological polar surface area (TPSA) is 78.7 Å². The normalized spacial score (nSPS) is 21.7. The standard InChI is InChI=1S/C15H22N4O2/c1-11-10-18(2)8-9-19(11)13(14(20)17-15(16)21)12-6-4-3-5-7-12/h3-7,11,13H,8-10H2,1-2H3,(H3,16,17,20,21)/t11-,13+/m0/s1. The van der Waals surface area contributed by atoms with Gasteiger partial charge in [0.2, 0.25) is 5.91 Å². The molecule has 0 spiro atoms. The van der Waals surface area contributed by atoms with Gasteiger partial charge < -0.3 is 10.6 Å². The third kappa shape index (κ3) is 3.80. The van der Waals surface area contributed by atoms with Crippen molar-refractivity contribution in [2.75, 3.05) is 26.7 Å². The number of primary amides is 1. The number of carbonyl (C=O) groups is 2. The molecule has 0 aliphatic carbocycles. The lowest BCUT2D eigenvalue weighted by Gasteiger charge is -2.42. The maximum atomic E-state index is 12.4. The summed E-state index contributed by atoms with van der Waals surface area (Å²) in [5.41, 5.74) is 5.97. The van der Waals surface area contributed by atoms with Gasteiger partial charge in [-0.2, -0.15) is 0 Å². The molecule has 0 unspecified atom stereocenters. The van der Waals surface area contributed by atoms with Crippen molar-refractivity contribution in [1.29, 1.82) is 0 Å². The Balaban J connectivity index is 2.27. The number of nitrogens with one attached hydrogen (secondary N) is 1. The number of carbonyl (C=O) groups excluding carboxylic acids is 2. The molecule has 1 aliphatic rings. The lowest BCUT2D eigenvalue weighted by Crippen LogP contribution is -2.55. The number of hydrogen-bond donors (Lipinski definition) is 2. The van der Waals surface area contributed by atoms with Crippen LogP contribution in [-0.2, 0) is 4.79 Å². The van der Waals surface area contributed by atoms with Gasteiger partial charge in [-0.25, -0.2) is 4.79 Å². The first-order valence-electron chi connectivity index (χ1n) is 7.08. The molecule has 1 aromatic rings. The maximum Gasteiger partial charge on any atom is 0.318 e. The van der Waals surface area contributed by atoms with Gasteiger partial charge in [0, 0.05) is 25.7 Å². The minimum atomic E-state index is -0.817. The van der Waals surface area contributed by atoms with E-state index < -0.39 is 12.1 Å². The highest BCUT2D eigenvalue weighted by molar-refractivity contribution is 5.96. The maximum absolute atomic E-state index is 12.4. The number of nitrogens with two attached hydrogens (primary N) is 1. The summed E-state index contributed by atoms with van der Waals surface area (Å²) in [4.78, 5) is 27.8. The second-order valence-electron chi connectivity index (χ2n) is 5.52. The quantitative estimate of drug-likeness (QED) is 0.852. The monoisotopic (exact) mass is 290 g/mol. The van der Waals surface area contributed by atoms with E-state index in [1.54, 1.807) is 0 Å². The van der Waals surface area contributed by atoms with Crippen molar-refractivity contribution in [3.05, 3.63) is 35.9 Å². The Morgan fingerprint density at radius 2 is 1.95 bits per heavy atom. The Morgan fingerprint density at radius 3 is 2.52 bits per heavy atom. The van der Waals surface area contributed by atoms with E-state index in [0.717, 1.165) is 25.2 Å². The lowest BCUT2D eigenvalue weighted by molar-refractivity contribution is -0.127. The summed E-state index contributed by atoms with van der Waals surface area (Å²) < 4.78 is 0. The average Bonchev–Trinajstić information content (AvgIpc) is 2.42. The molecule has 0 bridgehead atoms. The van der Waals surface area contributed by atoms with E-state index >= 15 is 0 Å². The highest BCUT2D eigenvalue weighted by Gasteiger charge is 2.34. The number of benzene rings is 1. The van der Waals surface area contributed by atoms with Gasteiger partial charge in [0.05, 0.1) is 0 Å². The summed E-state index contributed by atoms with van der Waals surface area (Å²) in [5.74, 6) is -0.370. The molecular formula is C15H22N4O2. The van der Waals surface area contributed by atoms with Gasteiger partial charge in [0.25, 0.3) is 0 Å². The molecule has 1 aromatic carbocycles. The van der Waals surface area contributed by atoms with Gasteiger partial charge in [-0.05, 0) is 19.5 Å². The Labute approximate surface area is 124 Å². The fourth-order valence-electron chi connectivity index (χ4n) is 2.86. The molecule has 1 fully saturated rings. The van der Waals surface area contributed by atoms with Crippen molar-refractivity contribution >= 4 is 11.9 Å². The van der Waals surface area contributed by atoms with Gasteiger partial charge in [-0.15, -0.1) is 0 Å². The highest BCUT2D eigenvalue weighted by Crippen LogP contribution is 2.25. The molecule has 3 amide bonds. The van der Waals surface area contributed by atoms with Crippen LogP contribution in [0.25, 0.3) is 0 Å². The number of rotatable bonds is 3. The Morgan fingerprint density at radius 1 is 1.29 bits per heavy atom. The zero-order valence-corrected chi connectivity index (χ0v) is 12.5. The number of nitrogens with zero attached hydrogens (tertiary/aromatic N) is 2. The summed E-state index contributed by atoms with van der Waals surface area (Å²) in [5, 5.41) is 2.22. The number of likely N-dealkylation sites (N-methyl/N-ethyl adjacent to an activating group) is 1. The van der Waals surface area contributed by atoms with Crippen molar-refractivity contribution < 1.29 is 9.59 Å². The van der Waals surface area contributed by atoms with E-state index in [4.69, 9.17) is 5.73 Å². The molecule has 6 heteroatoms. The van der Waals surface area contributed by atoms with Crippen LogP contribution in [-0.4, -0.2) is 54.5 Å². The van der Waals surface area contributed by atoms with E-state index in [0.29, 0.717) is 0 Å². The molecule has 114 valence electrons. The molecule has 21 heavy (non-hydrogen) atoms. The predicted molar refractivity (Wildman–Crippen MR) is 80.6 cm³/mol. The minimum Gasteiger partial charge on any atom is -0.351 e. The number of urea groups is 1. The van der Waals surface area contributed by atoms with Crippen LogP contribution >= 0.6 is 0 Å². The molecule has 2 atom stereocenters. The van der Waals surface area contributed by atoms with Crippen LogP contribution in [0.3, 0.4) is 0 Å². The third-order valence-corrected chi connectivity index (χ3v) is 3.82. The fourth-order valence-corrected chi connectivity index (χ4v) is 2.86. The zero-order chi connectivity index (χ0) is 15.4. The van der Waals surface area contributed by atoms with Crippen molar-refractivity contribution in [3.63, 3.8) is 0 Å².